The molecule has 2 heterocycles. The molecule has 26 heavy (non-hydrogen) atoms. The molecular formula is C18H20N4O4. The summed E-state index contributed by atoms with van der Waals surface area (Å²) in [5, 5.41) is 2.78. The van der Waals surface area contributed by atoms with Crippen molar-refractivity contribution in [3.63, 3.8) is 0 Å². The minimum atomic E-state index is -0.639. The molecule has 0 radical (unpaired) electrons. The molecule has 2 amide bonds. The standard InChI is InChI=1S/C18H20N4O4/c1-11-3-5-14(6-4-11)22-9-13(7-16(22)24)19-15(23)10-21-8-12(2)17(25)20-18(21)26/h3-6,8,13H,7,9-10H2,1-2H3,(H,19,23)(H,20,25,26)/t13-/m0/s1. The van der Waals surface area contributed by atoms with Gasteiger partial charge in [0.05, 0.1) is 6.04 Å². The first kappa shape index (κ1) is 17.7. The van der Waals surface area contributed by atoms with Crippen LogP contribution in [0.3, 0.4) is 0 Å². The highest BCUT2D eigenvalue weighted by atomic mass is 16.2. The molecule has 136 valence electrons. The number of hydrogen-bond acceptors (Lipinski definition) is 4. The van der Waals surface area contributed by atoms with E-state index in [1.165, 1.54) is 6.20 Å². The van der Waals surface area contributed by atoms with Gasteiger partial charge in [0.25, 0.3) is 5.56 Å². The second-order valence-corrected chi connectivity index (χ2v) is 6.51. The van der Waals surface area contributed by atoms with E-state index in [0.717, 1.165) is 15.8 Å². The van der Waals surface area contributed by atoms with Crippen molar-refractivity contribution in [2.75, 3.05) is 11.4 Å². The van der Waals surface area contributed by atoms with Crippen LogP contribution in [0.2, 0.25) is 0 Å². The van der Waals surface area contributed by atoms with E-state index in [1.54, 1.807) is 11.8 Å². The second-order valence-electron chi connectivity index (χ2n) is 6.51. The maximum atomic E-state index is 12.2. The van der Waals surface area contributed by atoms with E-state index in [4.69, 9.17) is 0 Å². The Labute approximate surface area is 149 Å². The fourth-order valence-corrected chi connectivity index (χ4v) is 2.94. The minimum Gasteiger partial charge on any atom is -0.349 e. The van der Waals surface area contributed by atoms with E-state index in [0.29, 0.717) is 12.1 Å². The number of nitrogens with one attached hydrogen (secondary N) is 2. The van der Waals surface area contributed by atoms with Crippen molar-refractivity contribution in [3.8, 4) is 0 Å². The van der Waals surface area contributed by atoms with Gasteiger partial charge in [-0.3, -0.25) is 23.9 Å². The number of benzene rings is 1. The number of amides is 2. The van der Waals surface area contributed by atoms with Crippen molar-refractivity contribution < 1.29 is 9.59 Å². The highest BCUT2D eigenvalue weighted by Crippen LogP contribution is 2.21. The van der Waals surface area contributed by atoms with E-state index < -0.39 is 11.2 Å². The summed E-state index contributed by atoms with van der Waals surface area (Å²) in [6.07, 6.45) is 1.55. The zero-order valence-electron chi connectivity index (χ0n) is 14.6. The van der Waals surface area contributed by atoms with Crippen LogP contribution in [0.4, 0.5) is 5.69 Å². The Kier molecular flexibility index (Phi) is 4.75. The average molecular weight is 356 g/mol. The Morgan fingerprint density at radius 1 is 1.19 bits per heavy atom. The van der Waals surface area contributed by atoms with Gasteiger partial charge in [-0.15, -0.1) is 0 Å². The highest BCUT2D eigenvalue weighted by molar-refractivity contribution is 5.96. The fraction of sp³-hybridized carbons (Fsp3) is 0.333. The van der Waals surface area contributed by atoms with Crippen molar-refractivity contribution in [3.05, 3.63) is 62.4 Å². The monoisotopic (exact) mass is 356 g/mol. The molecule has 1 saturated heterocycles. The van der Waals surface area contributed by atoms with Gasteiger partial charge in [0.15, 0.2) is 0 Å². The fourth-order valence-electron chi connectivity index (χ4n) is 2.94. The number of carbonyl (C=O) groups is 2. The third-order valence-electron chi connectivity index (χ3n) is 4.34. The van der Waals surface area contributed by atoms with Gasteiger partial charge < -0.3 is 10.2 Å². The SMILES string of the molecule is Cc1ccc(N2C[C@@H](NC(=O)Cn3cc(C)c(=O)[nH]c3=O)CC2=O)cc1. The van der Waals surface area contributed by atoms with Crippen LogP contribution < -0.4 is 21.5 Å². The lowest BCUT2D eigenvalue weighted by atomic mass is 10.2. The maximum Gasteiger partial charge on any atom is 0.328 e. The van der Waals surface area contributed by atoms with Crippen LogP contribution in [0, 0.1) is 13.8 Å². The van der Waals surface area contributed by atoms with Crippen LogP contribution in [0.1, 0.15) is 17.5 Å². The molecule has 1 aliphatic rings. The lowest BCUT2D eigenvalue weighted by Crippen LogP contribution is -2.41. The van der Waals surface area contributed by atoms with Crippen molar-refractivity contribution in [1.82, 2.24) is 14.9 Å². The van der Waals surface area contributed by atoms with Crippen LogP contribution in [0.5, 0.6) is 0 Å². The first-order valence-corrected chi connectivity index (χ1v) is 8.30. The third-order valence-corrected chi connectivity index (χ3v) is 4.34. The van der Waals surface area contributed by atoms with E-state index in [1.807, 2.05) is 31.2 Å². The molecule has 3 rings (SSSR count). The van der Waals surface area contributed by atoms with Crippen molar-refractivity contribution in [2.24, 2.45) is 0 Å². The van der Waals surface area contributed by atoms with Crippen molar-refractivity contribution >= 4 is 17.5 Å². The predicted molar refractivity (Wildman–Crippen MR) is 96.1 cm³/mol. The molecule has 2 N–H and O–H groups in total. The summed E-state index contributed by atoms with van der Waals surface area (Å²) in [5.74, 6) is -0.446. The number of anilines is 1. The minimum absolute atomic E-state index is 0.0591. The topological polar surface area (TPSA) is 104 Å². The molecule has 0 bridgehead atoms. The van der Waals surface area contributed by atoms with Crippen molar-refractivity contribution in [1.29, 1.82) is 0 Å². The summed E-state index contributed by atoms with van der Waals surface area (Å²) in [6.45, 7) is 3.69. The third kappa shape index (κ3) is 3.74. The number of H-pyrrole nitrogens is 1. The highest BCUT2D eigenvalue weighted by Gasteiger charge is 2.31. The predicted octanol–water partition coefficient (Wildman–Crippen LogP) is 0.0751. The average Bonchev–Trinajstić information content (AvgIpc) is 2.93. The first-order valence-electron chi connectivity index (χ1n) is 8.30. The molecule has 2 aromatic rings. The van der Waals surface area contributed by atoms with Gasteiger partial charge in [0.1, 0.15) is 6.54 Å². The zero-order chi connectivity index (χ0) is 18.8. The Balaban J connectivity index is 1.65. The van der Waals surface area contributed by atoms with Crippen molar-refractivity contribution in [2.45, 2.75) is 32.9 Å². The molecule has 0 aliphatic carbocycles. The summed E-state index contributed by atoms with van der Waals surface area (Å²) in [5.41, 5.74) is 1.14. The maximum absolute atomic E-state index is 12.2. The number of aryl methyl sites for hydroxylation is 2. The van der Waals surface area contributed by atoms with Gasteiger partial charge in [-0.2, -0.15) is 0 Å². The van der Waals surface area contributed by atoms with Crippen LogP contribution >= 0.6 is 0 Å². The van der Waals surface area contributed by atoms with E-state index in [9.17, 15) is 19.2 Å². The quantitative estimate of drug-likeness (QED) is 0.809. The molecule has 8 nitrogen and oxygen atoms in total. The Bertz CT molecular complexity index is 958. The van der Waals surface area contributed by atoms with Crippen LogP contribution in [0.25, 0.3) is 0 Å². The molecule has 0 unspecified atom stereocenters. The first-order chi connectivity index (χ1) is 12.3. The molecule has 8 heteroatoms. The van der Waals surface area contributed by atoms with E-state index in [-0.39, 0.29) is 30.8 Å². The Morgan fingerprint density at radius 2 is 1.88 bits per heavy atom. The number of aromatic nitrogens is 2. The van der Waals surface area contributed by atoms with E-state index in [2.05, 4.69) is 10.3 Å². The van der Waals surface area contributed by atoms with Crippen LogP contribution in [0.15, 0.2) is 40.1 Å². The molecule has 1 fully saturated rings. The van der Waals surface area contributed by atoms with Gasteiger partial charge in [-0.05, 0) is 26.0 Å². The number of rotatable bonds is 4. The van der Waals surface area contributed by atoms with Crippen LogP contribution in [-0.4, -0.2) is 34.0 Å². The molecule has 1 atom stereocenters. The smallest absolute Gasteiger partial charge is 0.328 e. The van der Waals surface area contributed by atoms with Gasteiger partial charge in [-0.1, -0.05) is 17.7 Å². The van der Waals surface area contributed by atoms with Gasteiger partial charge in [0, 0.05) is 30.4 Å². The van der Waals surface area contributed by atoms with Gasteiger partial charge in [0.2, 0.25) is 11.8 Å². The summed E-state index contributed by atoms with van der Waals surface area (Å²) in [6, 6.07) is 7.29. The lowest BCUT2D eigenvalue weighted by molar-refractivity contribution is -0.122. The normalized spacial score (nSPS) is 16.8. The molecule has 0 saturated carbocycles. The lowest BCUT2D eigenvalue weighted by Gasteiger charge is -2.17. The zero-order valence-corrected chi connectivity index (χ0v) is 14.6. The molecule has 1 aliphatic heterocycles. The molecule has 1 aromatic heterocycles. The number of nitrogens with zero attached hydrogens (tertiary/aromatic N) is 2. The second kappa shape index (κ2) is 6.99. The number of hydrogen-bond donors (Lipinski definition) is 2. The van der Waals surface area contributed by atoms with Gasteiger partial charge in [-0.25, -0.2) is 4.79 Å². The largest absolute Gasteiger partial charge is 0.349 e. The Hall–Kier alpha value is -3.16. The molecule has 0 spiro atoms. The molecule has 1 aromatic carbocycles. The summed E-state index contributed by atoms with van der Waals surface area (Å²) >= 11 is 0. The number of aromatic amines is 1. The number of carbonyl (C=O) groups excluding carboxylic acids is 2. The van der Waals surface area contributed by atoms with Gasteiger partial charge >= 0.3 is 5.69 Å². The Morgan fingerprint density at radius 3 is 2.58 bits per heavy atom. The summed E-state index contributed by atoms with van der Waals surface area (Å²) < 4.78 is 1.14. The summed E-state index contributed by atoms with van der Waals surface area (Å²) in [7, 11) is 0. The van der Waals surface area contributed by atoms with E-state index >= 15 is 0 Å². The molecular weight excluding hydrogens is 336 g/mol. The van der Waals surface area contributed by atoms with Crippen LogP contribution in [-0.2, 0) is 16.1 Å². The summed E-state index contributed by atoms with van der Waals surface area (Å²) in [4.78, 5) is 51.4.